The fourth-order valence-corrected chi connectivity index (χ4v) is 1.54. The molecule has 0 saturated heterocycles. The van der Waals surface area contributed by atoms with Crippen molar-refractivity contribution in [3.63, 3.8) is 0 Å². The van der Waals surface area contributed by atoms with E-state index in [-0.39, 0.29) is 12.0 Å². The van der Waals surface area contributed by atoms with E-state index >= 15 is 0 Å². The molecule has 0 aromatic heterocycles. The Labute approximate surface area is 74.2 Å². The van der Waals surface area contributed by atoms with E-state index in [4.69, 9.17) is 23.2 Å². The molecule has 0 heterocycles. The number of hydrogen-bond acceptors (Lipinski definition) is 0. The first-order chi connectivity index (χ1) is 4.79. The van der Waals surface area contributed by atoms with Crippen molar-refractivity contribution in [2.75, 3.05) is 0 Å². The standard InChI is InChI=1S/C7H8Cl2F2/c1-4(2)5-3-6(8,9)7(5,10)11/h3H2,1-2H3. The van der Waals surface area contributed by atoms with Crippen molar-refractivity contribution >= 4 is 23.2 Å². The van der Waals surface area contributed by atoms with Crippen molar-refractivity contribution in [1.29, 1.82) is 0 Å². The normalized spacial score (nSPS) is 26.2. The smallest absolute Gasteiger partial charge is 0.198 e. The van der Waals surface area contributed by atoms with Crippen molar-refractivity contribution in [3.8, 4) is 0 Å². The maximum Gasteiger partial charge on any atom is 0.302 e. The van der Waals surface area contributed by atoms with E-state index in [1.807, 2.05) is 0 Å². The highest BCUT2D eigenvalue weighted by atomic mass is 35.5. The van der Waals surface area contributed by atoms with Crippen molar-refractivity contribution in [3.05, 3.63) is 11.1 Å². The fraction of sp³-hybridized carbons (Fsp3) is 0.714. The summed E-state index contributed by atoms with van der Waals surface area (Å²) in [4.78, 5) is 0. The van der Waals surface area contributed by atoms with Crippen LogP contribution in [0, 0.1) is 0 Å². The van der Waals surface area contributed by atoms with Crippen LogP contribution in [0.15, 0.2) is 11.1 Å². The molecule has 0 aliphatic heterocycles. The molecule has 0 aromatic carbocycles. The Morgan fingerprint density at radius 2 is 1.82 bits per heavy atom. The van der Waals surface area contributed by atoms with Crippen LogP contribution in [-0.4, -0.2) is 10.3 Å². The highest BCUT2D eigenvalue weighted by Crippen LogP contribution is 2.58. The zero-order valence-corrected chi connectivity index (χ0v) is 7.73. The molecule has 0 atom stereocenters. The number of hydrogen-bond donors (Lipinski definition) is 0. The van der Waals surface area contributed by atoms with Gasteiger partial charge in [-0.15, -0.1) is 0 Å². The summed E-state index contributed by atoms with van der Waals surface area (Å²) in [6.45, 7) is 3.26. The second kappa shape index (κ2) is 2.33. The molecular formula is C7H8Cl2F2. The first-order valence-corrected chi connectivity index (χ1v) is 3.97. The number of halogens is 4. The topological polar surface area (TPSA) is 0 Å². The summed E-state index contributed by atoms with van der Waals surface area (Å²) >= 11 is 10.6. The lowest BCUT2D eigenvalue weighted by Crippen LogP contribution is -2.51. The van der Waals surface area contributed by atoms with Crippen LogP contribution in [0.1, 0.15) is 20.3 Å². The molecule has 4 heteroatoms. The van der Waals surface area contributed by atoms with Gasteiger partial charge < -0.3 is 0 Å². The monoisotopic (exact) mass is 200 g/mol. The van der Waals surface area contributed by atoms with E-state index < -0.39 is 10.3 Å². The lowest BCUT2D eigenvalue weighted by molar-refractivity contribution is -0.0236. The summed E-state index contributed by atoms with van der Waals surface area (Å²) in [7, 11) is 0. The second-order valence-electron chi connectivity index (χ2n) is 2.93. The van der Waals surface area contributed by atoms with E-state index in [0.717, 1.165) is 0 Å². The molecule has 1 rings (SSSR count). The summed E-state index contributed by atoms with van der Waals surface area (Å²) in [6, 6.07) is 0. The van der Waals surface area contributed by atoms with Gasteiger partial charge in [0.05, 0.1) is 0 Å². The van der Waals surface area contributed by atoms with Crippen LogP contribution in [0.25, 0.3) is 0 Å². The number of rotatable bonds is 0. The maximum absolute atomic E-state index is 12.9. The zero-order chi connectivity index (χ0) is 8.86. The van der Waals surface area contributed by atoms with Gasteiger partial charge in [0.2, 0.25) is 0 Å². The molecule has 1 aliphatic rings. The van der Waals surface area contributed by atoms with Gasteiger partial charge in [0.25, 0.3) is 0 Å². The summed E-state index contributed by atoms with van der Waals surface area (Å²) in [5.74, 6) is -3.03. The predicted octanol–water partition coefficient (Wildman–Crippen LogP) is 3.54. The van der Waals surface area contributed by atoms with E-state index in [0.29, 0.717) is 5.57 Å². The van der Waals surface area contributed by atoms with Gasteiger partial charge in [-0.25, -0.2) is 0 Å². The summed E-state index contributed by atoms with van der Waals surface area (Å²) in [5.41, 5.74) is 0.675. The summed E-state index contributed by atoms with van der Waals surface area (Å²) < 4.78 is 23.9. The molecule has 0 nitrogen and oxygen atoms in total. The van der Waals surface area contributed by atoms with Gasteiger partial charge in [0, 0.05) is 12.0 Å². The largest absolute Gasteiger partial charge is 0.302 e. The van der Waals surface area contributed by atoms with E-state index in [1.165, 1.54) is 0 Å². The highest BCUT2D eigenvalue weighted by molar-refractivity contribution is 6.50. The molecule has 64 valence electrons. The van der Waals surface area contributed by atoms with E-state index in [2.05, 4.69) is 0 Å². The van der Waals surface area contributed by atoms with E-state index in [9.17, 15) is 8.78 Å². The first kappa shape index (κ1) is 9.27. The van der Waals surface area contributed by atoms with Gasteiger partial charge in [-0.2, -0.15) is 8.78 Å². The zero-order valence-electron chi connectivity index (χ0n) is 6.22. The van der Waals surface area contributed by atoms with E-state index in [1.54, 1.807) is 13.8 Å². The van der Waals surface area contributed by atoms with Crippen LogP contribution in [0.5, 0.6) is 0 Å². The van der Waals surface area contributed by atoms with Gasteiger partial charge in [-0.05, 0) is 13.8 Å². The molecule has 0 radical (unpaired) electrons. The SMILES string of the molecule is CC(C)=C1CC(Cl)(Cl)C1(F)F. The van der Waals surface area contributed by atoms with Crippen molar-refractivity contribution in [2.24, 2.45) is 0 Å². The molecular weight excluding hydrogens is 193 g/mol. The molecule has 1 saturated carbocycles. The molecule has 1 fully saturated rings. The van der Waals surface area contributed by atoms with Crippen LogP contribution < -0.4 is 0 Å². The third-order valence-electron chi connectivity index (χ3n) is 1.84. The Morgan fingerprint density at radius 1 is 1.36 bits per heavy atom. The minimum absolute atomic E-state index is 0.0718. The predicted molar refractivity (Wildman–Crippen MR) is 42.4 cm³/mol. The highest BCUT2D eigenvalue weighted by Gasteiger charge is 2.64. The van der Waals surface area contributed by atoms with Crippen LogP contribution in [0.2, 0.25) is 0 Å². The van der Waals surface area contributed by atoms with Gasteiger partial charge in [0.1, 0.15) is 0 Å². The molecule has 0 aromatic rings. The fourth-order valence-electron chi connectivity index (χ4n) is 1.05. The molecule has 0 bridgehead atoms. The Morgan fingerprint density at radius 3 is 1.91 bits per heavy atom. The molecule has 11 heavy (non-hydrogen) atoms. The van der Waals surface area contributed by atoms with Gasteiger partial charge in [0.15, 0.2) is 4.33 Å². The third-order valence-corrected chi connectivity index (χ3v) is 2.58. The van der Waals surface area contributed by atoms with Crippen molar-refractivity contribution < 1.29 is 8.78 Å². The summed E-state index contributed by atoms with van der Waals surface area (Å²) in [6.07, 6.45) is 0.0748. The first-order valence-electron chi connectivity index (χ1n) is 3.21. The van der Waals surface area contributed by atoms with Gasteiger partial charge >= 0.3 is 5.92 Å². The minimum atomic E-state index is -3.03. The van der Waals surface area contributed by atoms with Crippen molar-refractivity contribution in [1.82, 2.24) is 0 Å². The number of alkyl halides is 4. The Balaban J connectivity index is 2.95. The van der Waals surface area contributed by atoms with Gasteiger partial charge in [-0.3, -0.25) is 0 Å². The molecule has 1 aliphatic carbocycles. The molecule has 0 spiro atoms. The maximum atomic E-state index is 12.9. The second-order valence-corrected chi connectivity index (χ2v) is 4.42. The minimum Gasteiger partial charge on any atom is -0.198 e. The van der Waals surface area contributed by atoms with Crippen LogP contribution in [0.4, 0.5) is 8.78 Å². The third kappa shape index (κ3) is 1.17. The van der Waals surface area contributed by atoms with Crippen LogP contribution >= 0.6 is 23.2 Å². The molecule has 0 N–H and O–H groups in total. The van der Waals surface area contributed by atoms with Gasteiger partial charge in [-0.1, -0.05) is 28.8 Å². The number of allylic oxidation sites excluding steroid dienone is 2. The lowest BCUT2D eigenvalue weighted by Gasteiger charge is -2.42. The quantitative estimate of drug-likeness (QED) is 0.415. The average molecular weight is 201 g/mol. The van der Waals surface area contributed by atoms with Crippen molar-refractivity contribution in [2.45, 2.75) is 30.5 Å². The van der Waals surface area contributed by atoms with Crippen LogP contribution in [-0.2, 0) is 0 Å². The lowest BCUT2D eigenvalue weighted by atomic mass is 9.83. The Bertz CT molecular complexity index is 214. The molecule has 0 amide bonds. The average Bonchev–Trinajstić information content (AvgIpc) is 1.82. The van der Waals surface area contributed by atoms with Crippen LogP contribution in [0.3, 0.4) is 0 Å². The summed E-state index contributed by atoms with van der Waals surface area (Å²) in [5, 5.41) is 0. The Kier molecular flexibility index (Phi) is 1.97. The Hall–Kier alpha value is 0.180. The molecule has 0 unspecified atom stereocenters.